The number of rotatable bonds is 5. The molecule has 2 atom stereocenters. The Balaban J connectivity index is 2.19. The lowest BCUT2D eigenvalue weighted by Crippen LogP contribution is -2.53. The van der Waals surface area contributed by atoms with Crippen LogP contribution in [-0.4, -0.2) is 72.6 Å². The molecule has 1 aromatic rings. The van der Waals surface area contributed by atoms with E-state index in [0.717, 1.165) is 5.56 Å². The number of nitrogens with zero attached hydrogens (tertiary/aromatic N) is 2. The molecule has 0 saturated carbocycles. The molecule has 1 unspecified atom stereocenters. The number of benzene rings is 1. The van der Waals surface area contributed by atoms with Crippen LogP contribution < -0.4 is 0 Å². The maximum absolute atomic E-state index is 12.5. The average molecular weight is 385 g/mol. The van der Waals surface area contributed by atoms with Gasteiger partial charge in [-0.25, -0.2) is 4.79 Å². The fraction of sp³-hybridized carbons (Fsp3) is 0.632. The smallest absolute Gasteiger partial charge is 0.410 e. The Labute approximate surface area is 160 Å². The highest BCUT2D eigenvalue weighted by atomic mass is 35.5. The number of hydrogen-bond donors (Lipinski definition) is 1. The number of β-amino-alcohol motifs (C(OH)–C–C–N with tert-alkyl or cyclic N) is 1. The molecule has 0 aliphatic carbocycles. The van der Waals surface area contributed by atoms with Crippen molar-refractivity contribution in [2.75, 3.05) is 39.9 Å². The summed E-state index contributed by atoms with van der Waals surface area (Å²) in [7, 11) is 1.56. The molecule has 146 valence electrons. The van der Waals surface area contributed by atoms with Crippen LogP contribution in [0.5, 0.6) is 0 Å². The van der Waals surface area contributed by atoms with Crippen LogP contribution in [-0.2, 0) is 9.47 Å². The van der Waals surface area contributed by atoms with Gasteiger partial charge in [-0.05, 0) is 32.4 Å². The van der Waals surface area contributed by atoms with E-state index >= 15 is 0 Å². The molecular formula is C19H29ClN2O4. The first-order chi connectivity index (χ1) is 12.2. The van der Waals surface area contributed by atoms with Crippen molar-refractivity contribution < 1.29 is 19.4 Å². The highest BCUT2D eigenvalue weighted by Crippen LogP contribution is 2.31. The lowest BCUT2D eigenvalue weighted by Gasteiger charge is -2.42. The van der Waals surface area contributed by atoms with E-state index in [1.54, 1.807) is 12.0 Å². The third kappa shape index (κ3) is 5.84. The maximum atomic E-state index is 12.5. The van der Waals surface area contributed by atoms with Gasteiger partial charge in [0.1, 0.15) is 5.60 Å². The zero-order valence-electron chi connectivity index (χ0n) is 15.9. The quantitative estimate of drug-likeness (QED) is 0.845. The summed E-state index contributed by atoms with van der Waals surface area (Å²) in [6.45, 7) is 7.90. The zero-order chi connectivity index (χ0) is 19.3. The second-order valence-corrected chi connectivity index (χ2v) is 7.97. The van der Waals surface area contributed by atoms with E-state index in [9.17, 15) is 9.90 Å². The molecule has 1 saturated heterocycles. The van der Waals surface area contributed by atoms with Crippen molar-refractivity contribution in [2.24, 2.45) is 0 Å². The summed E-state index contributed by atoms with van der Waals surface area (Å²) in [5.74, 6) is 0. The summed E-state index contributed by atoms with van der Waals surface area (Å²) in [6.07, 6.45) is -0.926. The second kappa shape index (κ2) is 9.04. The van der Waals surface area contributed by atoms with Gasteiger partial charge in [0.15, 0.2) is 0 Å². The number of methoxy groups -OCH3 is 1. The highest BCUT2D eigenvalue weighted by Gasteiger charge is 2.34. The van der Waals surface area contributed by atoms with Crippen LogP contribution in [0.2, 0.25) is 5.02 Å². The number of ether oxygens (including phenoxy) is 2. The van der Waals surface area contributed by atoms with Crippen molar-refractivity contribution in [3.05, 3.63) is 34.9 Å². The maximum Gasteiger partial charge on any atom is 0.410 e. The molecule has 2 rings (SSSR count). The minimum absolute atomic E-state index is 0.114. The summed E-state index contributed by atoms with van der Waals surface area (Å²) in [5.41, 5.74) is 0.398. The lowest BCUT2D eigenvalue weighted by atomic mass is 10.0. The van der Waals surface area contributed by atoms with Gasteiger partial charge >= 0.3 is 6.09 Å². The molecule has 7 heteroatoms. The summed E-state index contributed by atoms with van der Waals surface area (Å²) in [4.78, 5) is 16.3. The molecule has 1 aliphatic heterocycles. The monoisotopic (exact) mass is 384 g/mol. The zero-order valence-corrected chi connectivity index (χ0v) is 16.7. The van der Waals surface area contributed by atoms with Gasteiger partial charge in [-0.15, -0.1) is 0 Å². The number of aliphatic hydroxyl groups excluding tert-OH is 1. The number of carbonyl (C=O) groups is 1. The number of aliphatic hydroxyl groups is 1. The van der Waals surface area contributed by atoms with E-state index in [1.165, 1.54) is 0 Å². The Morgan fingerprint density at radius 1 is 1.35 bits per heavy atom. The van der Waals surface area contributed by atoms with Crippen molar-refractivity contribution in [1.29, 1.82) is 0 Å². The Hall–Kier alpha value is -1.34. The first kappa shape index (κ1) is 21.0. The van der Waals surface area contributed by atoms with E-state index in [4.69, 9.17) is 21.1 Å². The van der Waals surface area contributed by atoms with E-state index < -0.39 is 11.7 Å². The number of carbonyl (C=O) groups excluding carboxylic acids is 1. The number of piperazine rings is 1. The topological polar surface area (TPSA) is 62.2 Å². The van der Waals surface area contributed by atoms with Crippen molar-refractivity contribution in [2.45, 2.75) is 38.5 Å². The fourth-order valence-electron chi connectivity index (χ4n) is 3.09. The Morgan fingerprint density at radius 3 is 2.65 bits per heavy atom. The molecule has 1 aromatic carbocycles. The average Bonchev–Trinajstić information content (AvgIpc) is 2.54. The Kier molecular flexibility index (Phi) is 7.29. The normalized spacial score (nSPS) is 20.1. The number of hydrogen-bond acceptors (Lipinski definition) is 5. The van der Waals surface area contributed by atoms with Crippen LogP contribution in [0, 0.1) is 0 Å². The van der Waals surface area contributed by atoms with Crippen LogP contribution in [0.25, 0.3) is 0 Å². The SMILES string of the molecule is COC[C@H](O)CN1CCN(C(=O)OC(C)(C)C)CC1c1ccccc1Cl. The van der Waals surface area contributed by atoms with Gasteiger partial charge in [0.05, 0.1) is 18.8 Å². The third-order valence-corrected chi connectivity index (χ3v) is 4.56. The second-order valence-electron chi connectivity index (χ2n) is 7.57. The predicted molar refractivity (Wildman–Crippen MR) is 101 cm³/mol. The van der Waals surface area contributed by atoms with Gasteiger partial charge in [-0.1, -0.05) is 29.8 Å². The van der Waals surface area contributed by atoms with Crippen molar-refractivity contribution >= 4 is 17.7 Å². The van der Waals surface area contributed by atoms with E-state index in [-0.39, 0.29) is 18.7 Å². The van der Waals surface area contributed by atoms with E-state index in [2.05, 4.69) is 4.90 Å². The van der Waals surface area contributed by atoms with Crippen LogP contribution in [0.4, 0.5) is 4.79 Å². The van der Waals surface area contributed by atoms with Gasteiger partial charge < -0.3 is 19.5 Å². The molecule has 1 aliphatic rings. The van der Waals surface area contributed by atoms with Crippen LogP contribution in [0.1, 0.15) is 32.4 Å². The molecule has 0 bridgehead atoms. The Morgan fingerprint density at radius 2 is 2.04 bits per heavy atom. The van der Waals surface area contributed by atoms with Crippen LogP contribution >= 0.6 is 11.6 Å². The molecule has 1 fully saturated rings. The van der Waals surface area contributed by atoms with E-state index in [1.807, 2.05) is 45.0 Å². The van der Waals surface area contributed by atoms with Crippen molar-refractivity contribution in [3.8, 4) is 0 Å². The highest BCUT2D eigenvalue weighted by molar-refractivity contribution is 6.31. The molecular weight excluding hydrogens is 356 g/mol. The van der Waals surface area contributed by atoms with Gasteiger partial charge in [0, 0.05) is 38.3 Å². The minimum Gasteiger partial charge on any atom is -0.444 e. The summed E-state index contributed by atoms with van der Waals surface area (Å²) in [5, 5.41) is 10.8. The van der Waals surface area contributed by atoms with Gasteiger partial charge in [0.25, 0.3) is 0 Å². The van der Waals surface area contributed by atoms with Crippen molar-refractivity contribution in [1.82, 2.24) is 9.80 Å². The van der Waals surface area contributed by atoms with Crippen LogP contribution in [0.15, 0.2) is 24.3 Å². The molecule has 1 N–H and O–H groups in total. The van der Waals surface area contributed by atoms with Gasteiger partial charge in [-0.2, -0.15) is 0 Å². The van der Waals surface area contributed by atoms with Gasteiger partial charge in [-0.3, -0.25) is 4.90 Å². The third-order valence-electron chi connectivity index (χ3n) is 4.21. The van der Waals surface area contributed by atoms with Gasteiger partial charge in [0.2, 0.25) is 0 Å². The summed E-state index contributed by atoms with van der Waals surface area (Å²) < 4.78 is 10.5. The molecule has 1 amide bonds. The molecule has 26 heavy (non-hydrogen) atoms. The van der Waals surface area contributed by atoms with E-state index in [0.29, 0.717) is 31.2 Å². The molecule has 0 spiro atoms. The first-order valence-corrected chi connectivity index (χ1v) is 9.22. The Bertz CT molecular complexity index is 605. The largest absolute Gasteiger partial charge is 0.444 e. The standard InChI is InChI=1S/C19H29ClN2O4/c1-19(2,3)26-18(24)22-10-9-21(11-14(23)13-25-4)17(12-22)15-7-5-6-8-16(15)20/h5-8,14,17,23H,9-13H2,1-4H3/t14-,17?/m1/s1. The van der Waals surface area contributed by atoms with Crippen LogP contribution in [0.3, 0.4) is 0 Å². The summed E-state index contributed by atoms with van der Waals surface area (Å²) >= 11 is 6.41. The molecule has 6 nitrogen and oxygen atoms in total. The predicted octanol–water partition coefficient (Wildman–Crippen LogP) is 2.94. The lowest BCUT2D eigenvalue weighted by molar-refractivity contribution is -0.0150. The molecule has 0 aromatic heterocycles. The molecule has 0 radical (unpaired) electrons. The minimum atomic E-state index is -0.599. The summed E-state index contributed by atoms with van der Waals surface area (Å²) in [6, 6.07) is 7.49. The number of amides is 1. The number of halogens is 1. The molecule has 1 heterocycles. The fourth-order valence-corrected chi connectivity index (χ4v) is 3.35. The first-order valence-electron chi connectivity index (χ1n) is 8.84. The van der Waals surface area contributed by atoms with Crippen molar-refractivity contribution in [3.63, 3.8) is 0 Å².